The van der Waals surface area contributed by atoms with Crippen LogP contribution >= 0.6 is 11.3 Å². The molecule has 1 atom stereocenters. The first-order chi connectivity index (χ1) is 16.0. The summed E-state index contributed by atoms with van der Waals surface area (Å²) >= 11 is 1.24. The van der Waals surface area contributed by atoms with Gasteiger partial charge in [-0.2, -0.15) is 0 Å². The van der Waals surface area contributed by atoms with Crippen molar-refractivity contribution in [3.63, 3.8) is 0 Å². The van der Waals surface area contributed by atoms with Crippen LogP contribution in [0.5, 0.6) is 0 Å². The second-order valence-corrected chi connectivity index (χ2v) is 8.30. The van der Waals surface area contributed by atoms with Crippen LogP contribution in [0.1, 0.15) is 32.6 Å². The number of aromatic nitrogens is 3. The number of rotatable bonds is 7. The van der Waals surface area contributed by atoms with Gasteiger partial charge in [-0.3, -0.25) is 10.2 Å². The molecule has 172 valence electrons. The lowest BCUT2D eigenvalue weighted by Crippen LogP contribution is -2.57. The van der Waals surface area contributed by atoms with Gasteiger partial charge < -0.3 is 14.7 Å². The van der Waals surface area contributed by atoms with Gasteiger partial charge in [0.2, 0.25) is 5.95 Å². The minimum Gasteiger partial charge on any atom is -0.478 e. The van der Waals surface area contributed by atoms with Crippen molar-refractivity contribution in [2.75, 3.05) is 36.0 Å². The highest BCUT2D eigenvalue weighted by molar-refractivity contribution is 7.17. The van der Waals surface area contributed by atoms with Gasteiger partial charge in [0.25, 0.3) is 0 Å². The number of anilines is 3. The first-order valence-corrected chi connectivity index (χ1v) is 11.3. The summed E-state index contributed by atoms with van der Waals surface area (Å²) in [5, 5.41) is 13.2. The van der Waals surface area contributed by atoms with Crippen LogP contribution in [0.15, 0.2) is 42.7 Å². The standard InChI is InChI=1S/C22H24N6O4S/c1-3-32-20(31)18-14(2)26-22(33-18)28(21-24-9-4-10-25-21)17-13-27(12-11-23-17)16-7-5-15(6-8-16)19(29)30/h4-10,17,23H,3,11-13H2,1-2H3,(H,29,30). The lowest BCUT2D eigenvalue weighted by atomic mass is 10.1. The van der Waals surface area contributed by atoms with Crippen LogP contribution in [-0.2, 0) is 4.74 Å². The van der Waals surface area contributed by atoms with Crippen molar-refractivity contribution in [3.05, 3.63) is 58.9 Å². The number of piperazine rings is 1. The van der Waals surface area contributed by atoms with E-state index in [0.29, 0.717) is 34.7 Å². The van der Waals surface area contributed by atoms with E-state index in [-0.39, 0.29) is 18.3 Å². The van der Waals surface area contributed by atoms with Gasteiger partial charge in [-0.15, -0.1) is 0 Å². The van der Waals surface area contributed by atoms with Crippen LogP contribution in [0.2, 0.25) is 0 Å². The fourth-order valence-corrected chi connectivity index (χ4v) is 4.61. The van der Waals surface area contributed by atoms with Gasteiger partial charge >= 0.3 is 11.9 Å². The molecule has 4 rings (SSSR count). The molecule has 3 heterocycles. The summed E-state index contributed by atoms with van der Waals surface area (Å²) in [6, 6.07) is 8.55. The Labute approximate surface area is 194 Å². The van der Waals surface area contributed by atoms with Crippen molar-refractivity contribution < 1.29 is 19.4 Å². The van der Waals surface area contributed by atoms with Gasteiger partial charge in [-0.25, -0.2) is 24.5 Å². The van der Waals surface area contributed by atoms with E-state index in [1.54, 1.807) is 44.4 Å². The number of carboxylic acids is 1. The highest BCUT2D eigenvalue weighted by Crippen LogP contribution is 2.32. The number of nitrogens with zero attached hydrogens (tertiary/aromatic N) is 5. The van der Waals surface area contributed by atoms with Crippen molar-refractivity contribution in [1.29, 1.82) is 0 Å². The molecule has 0 saturated carbocycles. The number of thiazole rings is 1. The molecule has 10 nitrogen and oxygen atoms in total. The molecule has 2 aromatic heterocycles. The topological polar surface area (TPSA) is 121 Å². The Morgan fingerprint density at radius 1 is 1.27 bits per heavy atom. The minimum absolute atomic E-state index is 0.235. The van der Waals surface area contributed by atoms with E-state index < -0.39 is 11.9 Å². The summed E-state index contributed by atoms with van der Waals surface area (Å²) in [7, 11) is 0. The number of benzene rings is 1. The molecule has 1 fully saturated rings. The highest BCUT2D eigenvalue weighted by Gasteiger charge is 2.31. The molecular formula is C22H24N6O4S. The Bertz CT molecular complexity index is 1120. The number of carbonyl (C=O) groups is 2. The fraction of sp³-hybridized carbons (Fsp3) is 0.318. The predicted octanol–water partition coefficient (Wildman–Crippen LogP) is 2.69. The molecule has 0 amide bonds. The Balaban J connectivity index is 1.65. The van der Waals surface area contributed by atoms with Gasteiger partial charge in [0.05, 0.1) is 24.4 Å². The maximum atomic E-state index is 12.4. The van der Waals surface area contributed by atoms with Crippen LogP contribution < -0.4 is 15.1 Å². The van der Waals surface area contributed by atoms with E-state index in [2.05, 4.69) is 25.2 Å². The van der Waals surface area contributed by atoms with Crippen molar-refractivity contribution in [3.8, 4) is 0 Å². The number of aryl methyl sites for hydroxylation is 1. The van der Waals surface area contributed by atoms with E-state index >= 15 is 0 Å². The molecule has 3 aromatic rings. The summed E-state index contributed by atoms with van der Waals surface area (Å²) in [4.78, 5) is 41.5. The summed E-state index contributed by atoms with van der Waals surface area (Å²) < 4.78 is 5.17. The number of carbonyl (C=O) groups excluding carboxylic acids is 1. The lowest BCUT2D eigenvalue weighted by Gasteiger charge is -2.40. The van der Waals surface area contributed by atoms with Gasteiger partial charge in [0.1, 0.15) is 11.0 Å². The third-order valence-electron chi connectivity index (χ3n) is 5.17. The summed E-state index contributed by atoms with van der Waals surface area (Å²) in [6.45, 7) is 5.83. The third kappa shape index (κ3) is 4.94. The molecule has 33 heavy (non-hydrogen) atoms. The number of carboxylic acid groups (broad SMARTS) is 1. The number of nitrogens with one attached hydrogen (secondary N) is 1. The molecule has 1 aliphatic rings. The molecule has 1 aromatic carbocycles. The van der Waals surface area contributed by atoms with Crippen LogP contribution in [0.4, 0.5) is 16.8 Å². The summed E-state index contributed by atoms with van der Waals surface area (Å²) in [6.07, 6.45) is 3.08. The van der Waals surface area contributed by atoms with E-state index in [0.717, 1.165) is 12.2 Å². The zero-order valence-electron chi connectivity index (χ0n) is 18.3. The quantitative estimate of drug-likeness (QED) is 0.501. The summed E-state index contributed by atoms with van der Waals surface area (Å²) in [5.74, 6) is -0.893. The van der Waals surface area contributed by atoms with Crippen molar-refractivity contribution >= 4 is 40.0 Å². The first kappa shape index (κ1) is 22.6. The summed E-state index contributed by atoms with van der Waals surface area (Å²) in [5.41, 5.74) is 1.75. The van der Waals surface area contributed by atoms with Gasteiger partial charge in [0.15, 0.2) is 5.13 Å². The van der Waals surface area contributed by atoms with Gasteiger partial charge in [0, 0.05) is 31.2 Å². The van der Waals surface area contributed by atoms with Crippen molar-refractivity contribution in [1.82, 2.24) is 20.3 Å². The van der Waals surface area contributed by atoms with E-state index in [4.69, 9.17) is 9.84 Å². The smallest absolute Gasteiger partial charge is 0.350 e. The van der Waals surface area contributed by atoms with Gasteiger partial charge in [-0.05, 0) is 44.2 Å². The number of hydrogen-bond acceptors (Lipinski definition) is 10. The fourth-order valence-electron chi connectivity index (χ4n) is 3.60. The zero-order valence-corrected chi connectivity index (χ0v) is 19.1. The maximum Gasteiger partial charge on any atom is 0.350 e. The number of aromatic carboxylic acids is 1. The Hall–Kier alpha value is -3.57. The third-order valence-corrected chi connectivity index (χ3v) is 6.30. The Morgan fingerprint density at radius 2 is 2.00 bits per heavy atom. The average Bonchev–Trinajstić information content (AvgIpc) is 3.21. The van der Waals surface area contributed by atoms with Gasteiger partial charge in [-0.1, -0.05) is 11.3 Å². The number of hydrogen-bond donors (Lipinski definition) is 2. The molecule has 0 spiro atoms. The Kier molecular flexibility index (Phi) is 6.80. The van der Waals surface area contributed by atoms with Crippen LogP contribution in [0, 0.1) is 6.92 Å². The van der Waals surface area contributed by atoms with E-state index in [1.807, 2.05) is 17.0 Å². The zero-order chi connectivity index (χ0) is 23.4. The van der Waals surface area contributed by atoms with E-state index in [1.165, 1.54) is 11.3 Å². The molecular weight excluding hydrogens is 444 g/mol. The van der Waals surface area contributed by atoms with E-state index in [9.17, 15) is 9.59 Å². The monoisotopic (exact) mass is 468 g/mol. The molecule has 2 N–H and O–H groups in total. The molecule has 11 heteroatoms. The second-order valence-electron chi connectivity index (χ2n) is 7.32. The first-order valence-electron chi connectivity index (χ1n) is 10.5. The Morgan fingerprint density at radius 3 is 2.67 bits per heavy atom. The highest BCUT2D eigenvalue weighted by atomic mass is 32.1. The average molecular weight is 469 g/mol. The van der Waals surface area contributed by atoms with Crippen LogP contribution in [-0.4, -0.2) is 64.4 Å². The van der Waals surface area contributed by atoms with Crippen LogP contribution in [0.25, 0.3) is 0 Å². The molecule has 1 saturated heterocycles. The lowest BCUT2D eigenvalue weighted by molar-refractivity contribution is 0.0530. The predicted molar refractivity (Wildman–Crippen MR) is 124 cm³/mol. The second kappa shape index (κ2) is 9.92. The number of ether oxygens (including phenoxy) is 1. The molecule has 1 unspecified atom stereocenters. The largest absolute Gasteiger partial charge is 0.478 e. The van der Waals surface area contributed by atoms with Crippen molar-refractivity contribution in [2.45, 2.75) is 20.0 Å². The molecule has 0 aliphatic carbocycles. The molecule has 0 bridgehead atoms. The molecule has 1 aliphatic heterocycles. The number of esters is 1. The SMILES string of the molecule is CCOC(=O)c1sc(N(c2ncccn2)C2CN(c3ccc(C(=O)O)cc3)CCN2)nc1C. The normalized spacial score (nSPS) is 15.8. The van der Waals surface area contributed by atoms with Crippen LogP contribution in [0.3, 0.4) is 0 Å². The molecule has 0 radical (unpaired) electrons. The maximum absolute atomic E-state index is 12.4. The minimum atomic E-state index is -0.955. The van der Waals surface area contributed by atoms with Crippen molar-refractivity contribution in [2.24, 2.45) is 0 Å².